The van der Waals surface area contributed by atoms with Gasteiger partial charge in [-0.2, -0.15) is 4.31 Å². The highest BCUT2D eigenvalue weighted by atomic mass is 31.3. The Bertz CT molecular complexity index is 1640. The van der Waals surface area contributed by atoms with Crippen molar-refractivity contribution in [3.8, 4) is 12.3 Å². The van der Waals surface area contributed by atoms with Gasteiger partial charge in [0.1, 0.15) is 19.3 Å². The van der Waals surface area contributed by atoms with Gasteiger partial charge < -0.3 is 34.4 Å². The molecule has 4 aliphatic carbocycles. The van der Waals surface area contributed by atoms with E-state index in [1.165, 1.54) is 0 Å². The lowest BCUT2D eigenvalue weighted by atomic mass is 9.46. The van der Waals surface area contributed by atoms with E-state index in [1.807, 2.05) is 26.8 Å². The quantitative estimate of drug-likeness (QED) is 0.0717. The molecule has 0 aromatic rings. The molecule has 1 saturated heterocycles. The number of terminal acetylenes is 1. The zero-order valence-corrected chi connectivity index (χ0v) is 34.0. The summed E-state index contributed by atoms with van der Waals surface area (Å²) >= 11 is 0. The third-order valence-corrected chi connectivity index (χ3v) is 15.0. The van der Waals surface area contributed by atoms with E-state index in [0.29, 0.717) is 38.5 Å². The fourth-order valence-corrected chi connectivity index (χ4v) is 12.0. The minimum atomic E-state index is -5.38. The van der Waals surface area contributed by atoms with Crippen LogP contribution in [0.1, 0.15) is 98.3 Å². The van der Waals surface area contributed by atoms with Gasteiger partial charge in [0.25, 0.3) is 0 Å². The summed E-state index contributed by atoms with van der Waals surface area (Å²) in [6.07, 6.45) is 15.5. The monoisotopic (exact) mass is 813 g/mol. The number of carbonyl (C=O) groups is 3. The first-order valence-corrected chi connectivity index (χ1v) is 22.4. The van der Waals surface area contributed by atoms with Gasteiger partial charge >= 0.3 is 15.6 Å². The van der Waals surface area contributed by atoms with Gasteiger partial charge in [-0.3, -0.25) is 23.4 Å². The third kappa shape index (κ3) is 9.32. The highest BCUT2D eigenvalue weighted by Gasteiger charge is 2.76. The average Bonchev–Trinajstić information content (AvgIpc) is 3.60. The second-order valence-electron chi connectivity index (χ2n) is 15.9. The lowest BCUT2D eigenvalue weighted by Crippen LogP contribution is -2.63. The molecular formula is C38H57NO14P2. The molecule has 55 heavy (non-hydrogen) atoms. The Morgan fingerprint density at radius 1 is 1.11 bits per heavy atom. The van der Waals surface area contributed by atoms with Crippen molar-refractivity contribution in [2.45, 2.75) is 129 Å². The van der Waals surface area contributed by atoms with Crippen molar-refractivity contribution in [1.82, 2.24) is 5.32 Å². The molecule has 1 aliphatic heterocycles. The number of ketones is 2. The molecule has 4 unspecified atom stereocenters. The number of ether oxygens (including phenoxy) is 3. The van der Waals surface area contributed by atoms with Crippen molar-refractivity contribution in [2.75, 3.05) is 26.4 Å². The Labute approximate surface area is 323 Å². The van der Waals surface area contributed by atoms with Gasteiger partial charge in [-0.05, 0) is 68.9 Å². The summed E-state index contributed by atoms with van der Waals surface area (Å²) < 4.78 is 58.0. The molecule has 4 fully saturated rings. The smallest absolute Gasteiger partial charge is 0.393 e. The number of hydrogen-bond donors (Lipinski definition) is 4. The fourth-order valence-electron chi connectivity index (χ4n) is 9.98. The first-order chi connectivity index (χ1) is 25.9. The number of nitrogens with one attached hydrogen (secondary N) is 1. The van der Waals surface area contributed by atoms with Crippen molar-refractivity contribution in [3.63, 3.8) is 0 Å². The predicted octanol–water partition coefficient (Wildman–Crippen LogP) is 5.08. The van der Waals surface area contributed by atoms with E-state index in [2.05, 4.69) is 22.5 Å². The molecule has 0 spiro atoms. The molecule has 5 aliphatic rings. The van der Waals surface area contributed by atoms with E-state index >= 15 is 0 Å². The number of rotatable bonds is 20. The molecule has 3 saturated carbocycles. The van der Waals surface area contributed by atoms with Crippen LogP contribution in [-0.4, -0.2) is 88.9 Å². The molecule has 308 valence electrons. The zero-order chi connectivity index (χ0) is 40.2. The molecule has 17 heteroatoms. The summed E-state index contributed by atoms with van der Waals surface area (Å²) in [5.74, 6) is 0.728. The van der Waals surface area contributed by atoms with Gasteiger partial charge in [0.05, 0.1) is 18.8 Å². The van der Waals surface area contributed by atoms with E-state index in [9.17, 15) is 38.4 Å². The van der Waals surface area contributed by atoms with Crippen LogP contribution in [0.5, 0.6) is 0 Å². The number of allylic oxidation sites excluding steroid dienone is 4. The minimum absolute atomic E-state index is 0.0519. The predicted molar refractivity (Wildman–Crippen MR) is 199 cm³/mol. The summed E-state index contributed by atoms with van der Waals surface area (Å²) in [5.41, 5.74) is -2.19. The Balaban J connectivity index is 1.18. The van der Waals surface area contributed by atoms with Crippen LogP contribution in [-0.2, 0) is 51.1 Å². The minimum Gasteiger partial charge on any atom is -0.393 e. The molecule has 12 atom stereocenters. The Morgan fingerprint density at radius 3 is 2.56 bits per heavy atom. The summed E-state index contributed by atoms with van der Waals surface area (Å²) in [6, 6.07) is 0. The van der Waals surface area contributed by atoms with Crippen LogP contribution in [0.2, 0.25) is 0 Å². The maximum atomic E-state index is 14.4. The number of phosphoric acid groups is 2. The number of hydrogen-bond acceptors (Lipinski definition) is 12. The second-order valence-corrected chi connectivity index (χ2v) is 18.9. The van der Waals surface area contributed by atoms with Crippen LogP contribution in [0.3, 0.4) is 0 Å². The van der Waals surface area contributed by atoms with Gasteiger partial charge in [0.2, 0.25) is 5.91 Å². The number of fused-ring (bicyclic) bond motifs is 7. The zero-order valence-electron chi connectivity index (χ0n) is 32.2. The summed E-state index contributed by atoms with van der Waals surface area (Å²) in [6.45, 7) is 5.77. The number of unbranched alkanes of at least 4 members (excludes halogenated alkanes) is 3. The van der Waals surface area contributed by atoms with Gasteiger partial charge in [0, 0.05) is 23.3 Å². The molecule has 4 N–H and O–H groups in total. The number of Topliss-reactive ketones (excluding diaryl/α,β-unsaturated/α-hetero) is 1. The highest BCUT2D eigenvalue weighted by Crippen LogP contribution is 2.70. The van der Waals surface area contributed by atoms with E-state index in [1.54, 1.807) is 12.2 Å². The Hall–Kier alpha value is -2.05. The molecule has 0 radical (unpaired) electrons. The van der Waals surface area contributed by atoms with Crippen LogP contribution < -0.4 is 5.32 Å². The molecule has 1 amide bonds. The first kappa shape index (κ1) is 44.1. The topological polar surface area (TPSA) is 213 Å². The van der Waals surface area contributed by atoms with E-state index in [4.69, 9.17) is 29.7 Å². The van der Waals surface area contributed by atoms with E-state index < -0.39 is 81.6 Å². The van der Waals surface area contributed by atoms with Gasteiger partial charge in [-0.1, -0.05) is 70.9 Å². The lowest BCUT2D eigenvalue weighted by Gasteiger charge is -2.59. The first-order valence-electron chi connectivity index (χ1n) is 19.4. The average molecular weight is 814 g/mol. The number of phosphoric ester groups is 2. The number of aliphatic hydroxyl groups excluding tert-OH is 1. The Morgan fingerprint density at radius 2 is 1.85 bits per heavy atom. The SMILES string of the molecule is C#CC(CCCCCC)OCC(=O)NCCOP(=O)(O)OP(=O)(O)OCC(=O)[C@@]12OC(CCC)O[C@@H]1C[C@H]1[C@@H]3CCC4=CC(=O)C=C[C@]4(C)[C@H]3[C@@H](O)C[C@@]12C. The van der Waals surface area contributed by atoms with Crippen molar-refractivity contribution in [2.24, 2.45) is 28.6 Å². The van der Waals surface area contributed by atoms with Crippen molar-refractivity contribution < 1.29 is 66.0 Å². The molecule has 0 bridgehead atoms. The standard InChI is InChI=1S/C38H57NO14P2/c1-6-9-10-11-13-27(8-3)48-24-33(43)39-18-19-49-54(44,45)53-55(46,47)50-23-31(42)38-32(51-34(52-38)12-7-2)21-29-28-15-14-25-20-26(40)16-17-36(25,4)35(28)30(41)22-37(29,38)5/h3,16-17,20,27-30,32,34-35,41H,6-7,9-15,18-19,21-24H2,1-2,4-5H3,(H,39,43)(H,44,45)(H,46,47)/t27?,28-,29-,30-,32+,34?,35+,36-,37-,38+/m0/s1. The second kappa shape index (κ2) is 17.8. The van der Waals surface area contributed by atoms with Gasteiger partial charge in [0.15, 0.2) is 23.5 Å². The summed E-state index contributed by atoms with van der Waals surface area (Å²) in [4.78, 5) is 59.3. The van der Waals surface area contributed by atoms with Crippen LogP contribution in [0.4, 0.5) is 0 Å². The van der Waals surface area contributed by atoms with Crippen LogP contribution in [0.25, 0.3) is 0 Å². The highest BCUT2D eigenvalue weighted by molar-refractivity contribution is 7.61. The molecule has 1 heterocycles. The maximum absolute atomic E-state index is 14.4. The largest absolute Gasteiger partial charge is 0.481 e. The van der Waals surface area contributed by atoms with E-state index in [0.717, 1.165) is 31.3 Å². The van der Waals surface area contributed by atoms with Crippen molar-refractivity contribution in [3.05, 3.63) is 23.8 Å². The molecule has 15 nitrogen and oxygen atoms in total. The molecular weight excluding hydrogens is 756 g/mol. The van der Waals surface area contributed by atoms with E-state index in [-0.39, 0.29) is 43.1 Å². The maximum Gasteiger partial charge on any atom is 0.481 e. The molecule has 0 aromatic carbocycles. The van der Waals surface area contributed by atoms with Crippen molar-refractivity contribution in [1.29, 1.82) is 0 Å². The van der Waals surface area contributed by atoms with Crippen LogP contribution in [0, 0.1) is 40.9 Å². The molecule has 0 aromatic heterocycles. The normalized spacial score (nSPS) is 36.3. The summed E-state index contributed by atoms with van der Waals surface area (Å²) in [5, 5.41) is 14.3. The summed E-state index contributed by atoms with van der Waals surface area (Å²) in [7, 11) is -10.6. The number of aliphatic hydroxyl groups is 1. The fraction of sp³-hybridized carbons (Fsp3) is 0.763. The number of carbonyl (C=O) groups excluding carboxylic acids is 3. The lowest BCUT2D eigenvalue weighted by molar-refractivity contribution is -0.200. The third-order valence-electron chi connectivity index (χ3n) is 12.4. The Kier molecular flexibility index (Phi) is 14.3. The molecule has 5 rings (SSSR count). The number of amides is 1. The van der Waals surface area contributed by atoms with Gasteiger partial charge in [-0.15, -0.1) is 6.42 Å². The van der Waals surface area contributed by atoms with Crippen LogP contribution >= 0.6 is 15.6 Å². The van der Waals surface area contributed by atoms with Crippen LogP contribution in [0.15, 0.2) is 23.8 Å². The van der Waals surface area contributed by atoms with Crippen molar-refractivity contribution >= 4 is 33.1 Å². The van der Waals surface area contributed by atoms with Gasteiger partial charge in [-0.25, -0.2) is 9.13 Å².